The standard InChI is InChI=1S/C18H25N3O7S/c1-26-16-4-3-14(29(24,25)21-9-11-28-12-10-21)13-15(16)19-5-7-20(8-6-19)17(22)18(23)27-2/h3-4,13H,5-12H2,1-2H3. The van der Waals surface area contributed by atoms with Crippen molar-refractivity contribution in [3.05, 3.63) is 18.2 Å². The molecule has 0 bridgehead atoms. The minimum absolute atomic E-state index is 0.184. The van der Waals surface area contributed by atoms with Gasteiger partial charge in [-0.2, -0.15) is 4.31 Å². The van der Waals surface area contributed by atoms with Crippen LogP contribution >= 0.6 is 0 Å². The Labute approximate surface area is 170 Å². The zero-order valence-corrected chi connectivity index (χ0v) is 17.3. The molecule has 1 amide bonds. The first-order chi connectivity index (χ1) is 13.9. The molecule has 29 heavy (non-hydrogen) atoms. The number of esters is 1. The summed E-state index contributed by atoms with van der Waals surface area (Å²) < 4.78 is 42.5. The number of morpholine rings is 1. The van der Waals surface area contributed by atoms with Crippen LogP contribution in [0.25, 0.3) is 0 Å². The lowest BCUT2D eigenvalue weighted by molar-refractivity contribution is -0.158. The van der Waals surface area contributed by atoms with E-state index >= 15 is 0 Å². The monoisotopic (exact) mass is 427 g/mol. The molecule has 0 radical (unpaired) electrons. The Kier molecular flexibility index (Phi) is 6.60. The molecule has 2 aliphatic rings. The summed E-state index contributed by atoms with van der Waals surface area (Å²) in [5.41, 5.74) is 0.631. The van der Waals surface area contributed by atoms with E-state index in [4.69, 9.17) is 9.47 Å². The number of sulfonamides is 1. The number of carbonyl (C=O) groups excluding carboxylic acids is 2. The molecule has 2 heterocycles. The van der Waals surface area contributed by atoms with E-state index < -0.39 is 21.9 Å². The number of anilines is 1. The van der Waals surface area contributed by atoms with E-state index in [2.05, 4.69) is 4.74 Å². The number of carbonyl (C=O) groups is 2. The number of ether oxygens (including phenoxy) is 3. The number of hydrogen-bond acceptors (Lipinski definition) is 8. The van der Waals surface area contributed by atoms with Gasteiger partial charge in [-0.25, -0.2) is 13.2 Å². The molecule has 1 aromatic carbocycles. The first kappa shape index (κ1) is 21.3. The number of methoxy groups -OCH3 is 2. The fourth-order valence-corrected chi connectivity index (χ4v) is 4.81. The molecule has 0 unspecified atom stereocenters. The van der Waals surface area contributed by atoms with E-state index in [0.29, 0.717) is 63.9 Å². The molecule has 2 saturated heterocycles. The second-order valence-corrected chi connectivity index (χ2v) is 8.56. The van der Waals surface area contributed by atoms with Gasteiger partial charge in [-0.1, -0.05) is 0 Å². The SMILES string of the molecule is COC(=O)C(=O)N1CCN(c2cc(S(=O)(=O)N3CCOCC3)ccc2OC)CC1. The first-order valence-electron chi connectivity index (χ1n) is 9.26. The van der Waals surface area contributed by atoms with Gasteiger partial charge < -0.3 is 24.0 Å². The van der Waals surface area contributed by atoms with Crippen LogP contribution in [0.1, 0.15) is 0 Å². The van der Waals surface area contributed by atoms with Crippen molar-refractivity contribution in [1.29, 1.82) is 0 Å². The van der Waals surface area contributed by atoms with Crippen molar-refractivity contribution in [2.75, 3.05) is 71.6 Å². The first-order valence-corrected chi connectivity index (χ1v) is 10.7. The van der Waals surface area contributed by atoms with Crippen LogP contribution in [-0.4, -0.2) is 96.2 Å². The number of rotatable bonds is 4. The van der Waals surface area contributed by atoms with Gasteiger partial charge in [0, 0.05) is 39.3 Å². The van der Waals surface area contributed by atoms with Crippen LogP contribution < -0.4 is 9.64 Å². The Balaban J connectivity index is 1.80. The maximum absolute atomic E-state index is 13.0. The average molecular weight is 427 g/mol. The Morgan fingerprint density at radius 2 is 1.66 bits per heavy atom. The minimum Gasteiger partial charge on any atom is -0.495 e. The van der Waals surface area contributed by atoms with Gasteiger partial charge in [0.25, 0.3) is 0 Å². The van der Waals surface area contributed by atoms with Crippen molar-refractivity contribution in [2.45, 2.75) is 4.90 Å². The third-order valence-electron chi connectivity index (χ3n) is 5.03. The molecule has 0 saturated carbocycles. The van der Waals surface area contributed by atoms with E-state index in [1.807, 2.05) is 4.90 Å². The van der Waals surface area contributed by atoms with Crippen molar-refractivity contribution in [2.24, 2.45) is 0 Å². The summed E-state index contributed by atoms with van der Waals surface area (Å²) in [6.07, 6.45) is 0. The van der Waals surface area contributed by atoms with Gasteiger partial charge in [-0.15, -0.1) is 0 Å². The van der Waals surface area contributed by atoms with Crippen LogP contribution in [0.2, 0.25) is 0 Å². The van der Waals surface area contributed by atoms with Crippen LogP contribution in [-0.2, 0) is 29.1 Å². The molecular weight excluding hydrogens is 402 g/mol. The normalized spacial score (nSPS) is 18.4. The molecule has 0 atom stereocenters. The van der Waals surface area contributed by atoms with Crippen LogP contribution in [0.5, 0.6) is 5.75 Å². The number of nitrogens with zero attached hydrogens (tertiary/aromatic N) is 3. The lowest BCUT2D eigenvalue weighted by Gasteiger charge is -2.36. The smallest absolute Gasteiger partial charge is 0.396 e. The Morgan fingerprint density at radius 1 is 1.00 bits per heavy atom. The molecule has 0 aliphatic carbocycles. The zero-order chi connectivity index (χ0) is 21.0. The molecule has 1 aromatic rings. The lowest BCUT2D eigenvalue weighted by Crippen LogP contribution is -2.51. The summed E-state index contributed by atoms with van der Waals surface area (Å²) in [5, 5.41) is 0. The molecule has 0 spiro atoms. The maximum Gasteiger partial charge on any atom is 0.396 e. The molecule has 2 aliphatic heterocycles. The number of amides is 1. The fourth-order valence-electron chi connectivity index (χ4n) is 3.38. The van der Waals surface area contributed by atoms with Gasteiger partial charge in [0.05, 0.1) is 38.0 Å². The molecule has 10 nitrogen and oxygen atoms in total. The summed E-state index contributed by atoms with van der Waals surface area (Å²) in [4.78, 5) is 27.0. The number of piperazine rings is 1. The highest BCUT2D eigenvalue weighted by atomic mass is 32.2. The highest BCUT2D eigenvalue weighted by Gasteiger charge is 2.30. The summed E-state index contributed by atoms with van der Waals surface area (Å²) >= 11 is 0. The summed E-state index contributed by atoms with van der Waals surface area (Å²) in [6, 6.07) is 4.76. The van der Waals surface area contributed by atoms with Gasteiger partial charge in [0.15, 0.2) is 0 Å². The van der Waals surface area contributed by atoms with E-state index in [0.717, 1.165) is 0 Å². The molecule has 2 fully saturated rings. The van der Waals surface area contributed by atoms with Crippen LogP contribution in [0.15, 0.2) is 23.1 Å². The van der Waals surface area contributed by atoms with Gasteiger partial charge >= 0.3 is 11.9 Å². The quantitative estimate of drug-likeness (QED) is 0.469. The van der Waals surface area contributed by atoms with Crippen LogP contribution in [0.4, 0.5) is 5.69 Å². The zero-order valence-electron chi connectivity index (χ0n) is 16.5. The highest BCUT2D eigenvalue weighted by molar-refractivity contribution is 7.89. The molecule has 3 rings (SSSR count). The Hall–Kier alpha value is -2.37. The average Bonchev–Trinajstić information content (AvgIpc) is 2.78. The van der Waals surface area contributed by atoms with E-state index in [1.165, 1.54) is 29.5 Å². The Morgan fingerprint density at radius 3 is 2.24 bits per heavy atom. The number of benzene rings is 1. The highest BCUT2D eigenvalue weighted by Crippen LogP contribution is 2.33. The van der Waals surface area contributed by atoms with Crippen molar-refractivity contribution in [3.63, 3.8) is 0 Å². The molecule has 160 valence electrons. The van der Waals surface area contributed by atoms with Gasteiger partial charge in [0.1, 0.15) is 5.75 Å². The van der Waals surface area contributed by atoms with E-state index in [1.54, 1.807) is 12.1 Å². The largest absolute Gasteiger partial charge is 0.495 e. The molecular formula is C18H25N3O7S. The van der Waals surface area contributed by atoms with Crippen LogP contribution in [0, 0.1) is 0 Å². The van der Waals surface area contributed by atoms with Gasteiger partial charge in [0.2, 0.25) is 10.0 Å². The third-order valence-corrected chi connectivity index (χ3v) is 6.92. The second-order valence-electron chi connectivity index (χ2n) is 6.62. The summed E-state index contributed by atoms with van der Waals surface area (Å²) in [5.74, 6) is -1.03. The van der Waals surface area contributed by atoms with Crippen molar-refractivity contribution in [1.82, 2.24) is 9.21 Å². The van der Waals surface area contributed by atoms with E-state index in [-0.39, 0.29) is 4.90 Å². The fraction of sp³-hybridized carbons (Fsp3) is 0.556. The second kappa shape index (κ2) is 8.97. The topological polar surface area (TPSA) is 106 Å². The maximum atomic E-state index is 13.0. The summed E-state index contributed by atoms with van der Waals surface area (Å²) in [6.45, 7) is 2.88. The minimum atomic E-state index is -3.64. The van der Waals surface area contributed by atoms with Gasteiger partial charge in [-0.3, -0.25) is 4.79 Å². The lowest BCUT2D eigenvalue weighted by atomic mass is 10.2. The van der Waals surface area contributed by atoms with E-state index in [9.17, 15) is 18.0 Å². The number of hydrogen-bond donors (Lipinski definition) is 0. The molecule has 0 aromatic heterocycles. The molecule has 11 heteroatoms. The van der Waals surface area contributed by atoms with Crippen molar-refractivity contribution >= 4 is 27.6 Å². The summed E-state index contributed by atoms with van der Waals surface area (Å²) in [7, 11) is -0.953. The Bertz CT molecular complexity index is 860. The van der Waals surface area contributed by atoms with Crippen molar-refractivity contribution < 1.29 is 32.2 Å². The van der Waals surface area contributed by atoms with Gasteiger partial charge in [-0.05, 0) is 18.2 Å². The predicted octanol–water partition coefficient (Wildman–Crippen LogP) is -0.462. The molecule has 0 N–H and O–H groups in total. The van der Waals surface area contributed by atoms with Crippen LogP contribution in [0.3, 0.4) is 0 Å². The predicted molar refractivity (Wildman–Crippen MR) is 103 cm³/mol. The van der Waals surface area contributed by atoms with Crippen molar-refractivity contribution in [3.8, 4) is 5.75 Å². The third kappa shape index (κ3) is 4.46.